The number of carbonyl (C=O) groups is 1. The Balaban J connectivity index is 1.53. The van der Waals surface area contributed by atoms with E-state index in [4.69, 9.17) is 15.5 Å². The van der Waals surface area contributed by atoms with E-state index >= 15 is 0 Å². The second-order valence-electron chi connectivity index (χ2n) is 8.95. The van der Waals surface area contributed by atoms with Gasteiger partial charge in [0.2, 0.25) is 5.95 Å². The Morgan fingerprint density at radius 2 is 2.03 bits per heavy atom. The minimum atomic E-state index is -0.440. The molecule has 8 heteroatoms. The summed E-state index contributed by atoms with van der Waals surface area (Å²) in [5.74, 6) is 1.36. The van der Waals surface area contributed by atoms with Crippen LogP contribution in [0.3, 0.4) is 0 Å². The molecule has 0 saturated heterocycles. The maximum atomic E-state index is 12.4. The zero-order valence-electron chi connectivity index (χ0n) is 19.1. The van der Waals surface area contributed by atoms with Crippen LogP contribution in [0.2, 0.25) is 0 Å². The molecular formula is C25H26N6O2. The van der Waals surface area contributed by atoms with E-state index in [-0.39, 0.29) is 11.8 Å². The number of carbonyl (C=O) groups excluding carboxylic acids is 1. The van der Waals surface area contributed by atoms with Crippen LogP contribution < -0.4 is 15.8 Å². The summed E-state index contributed by atoms with van der Waals surface area (Å²) in [4.78, 5) is 21.6. The average molecular weight is 443 g/mol. The maximum absolute atomic E-state index is 12.4. The van der Waals surface area contributed by atoms with Crippen molar-refractivity contribution in [1.29, 1.82) is 0 Å². The normalized spacial score (nSPS) is 15.5. The number of fused-ring (bicyclic) bond motifs is 2. The summed E-state index contributed by atoms with van der Waals surface area (Å²) >= 11 is 0. The lowest BCUT2D eigenvalue weighted by Crippen LogP contribution is -2.23. The lowest BCUT2D eigenvalue weighted by Gasteiger charge is -2.17. The van der Waals surface area contributed by atoms with Gasteiger partial charge in [-0.3, -0.25) is 9.78 Å². The van der Waals surface area contributed by atoms with Gasteiger partial charge < -0.3 is 15.8 Å². The molecule has 0 bridgehead atoms. The average Bonchev–Trinajstić information content (AvgIpc) is 3.30. The number of benzene rings is 2. The smallest absolute Gasteiger partial charge is 0.247 e. The number of nitrogens with zero attached hydrogens (tertiary/aromatic N) is 4. The summed E-state index contributed by atoms with van der Waals surface area (Å²) < 4.78 is 7.26. The second kappa shape index (κ2) is 7.67. The monoisotopic (exact) mass is 442 g/mol. The van der Waals surface area contributed by atoms with E-state index in [1.54, 1.807) is 24.0 Å². The summed E-state index contributed by atoms with van der Waals surface area (Å²) in [6.07, 6.45) is 3.88. The Morgan fingerprint density at radius 1 is 1.21 bits per heavy atom. The van der Waals surface area contributed by atoms with Crippen molar-refractivity contribution in [3.05, 3.63) is 65.5 Å². The Morgan fingerprint density at radius 3 is 2.79 bits per heavy atom. The van der Waals surface area contributed by atoms with Crippen LogP contribution in [0.4, 0.5) is 11.6 Å². The first-order chi connectivity index (χ1) is 15.8. The van der Waals surface area contributed by atoms with Crippen molar-refractivity contribution in [3.8, 4) is 17.0 Å². The van der Waals surface area contributed by atoms with E-state index in [0.29, 0.717) is 29.5 Å². The molecule has 2 aromatic carbocycles. The number of ether oxygens (including phenoxy) is 1. The molecular weight excluding hydrogens is 416 g/mol. The van der Waals surface area contributed by atoms with Crippen molar-refractivity contribution in [3.63, 3.8) is 0 Å². The third-order valence-electron chi connectivity index (χ3n) is 6.34. The summed E-state index contributed by atoms with van der Waals surface area (Å²) in [6.45, 7) is 5.88. The molecule has 0 saturated carbocycles. The molecule has 2 aromatic heterocycles. The lowest BCUT2D eigenvalue weighted by molar-refractivity contribution is -0.121. The third kappa shape index (κ3) is 3.52. The molecule has 33 heavy (non-hydrogen) atoms. The summed E-state index contributed by atoms with van der Waals surface area (Å²) in [7, 11) is 1.63. The first kappa shape index (κ1) is 21.1. The molecule has 1 aliphatic carbocycles. The zero-order valence-corrected chi connectivity index (χ0v) is 19.1. The fraction of sp³-hybridized carbons (Fsp3) is 0.280. The predicted molar refractivity (Wildman–Crippen MR) is 127 cm³/mol. The number of nitrogens with two attached hydrogens (primary N) is 1. The van der Waals surface area contributed by atoms with Gasteiger partial charge in [-0.25, -0.2) is 4.52 Å². The number of Topliss-reactive ketones (excluding diaryl/α,β-unsaturated/α-hetero) is 1. The van der Waals surface area contributed by atoms with E-state index in [9.17, 15) is 4.79 Å². The first-order valence-corrected chi connectivity index (χ1v) is 10.9. The van der Waals surface area contributed by atoms with Gasteiger partial charge in [0.25, 0.3) is 0 Å². The van der Waals surface area contributed by atoms with Gasteiger partial charge in [0.15, 0.2) is 5.65 Å². The van der Waals surface area contributed by atoms with Gasteiger partial charge in [0, 0.05) is 41.5 Å². The van der Waals surface area contributed by atoms with Gasteiger partial charge in [0.05, 0.1) is 7.11 Å². The highest BCUT2D eigenvalue weighted by molar-refractivity contribution is 5.96. The molecule has 2 heterocycles. The van der Waals surface area contributed by atoms with E-state index < -0.39 is 5.41 Å². The second-order valence-corrected chi connectivity index (χ2v) is 8.95. The number of hydrogen-bond acceptors (Lipinski definition) is 7. The molecule has 168 valence electrons. The molecule has 8 nitrogen and oxygen atoms in total. The van der Waals surface area contributed by atoms with Crippen molar-refractivity contribution in [2.75, 3.05) is 12.4 Å². The van der Waals surface area contributed by atoms with Crippen LogP contribution in [0.25, 0.3) is 16.9 Å². The van der Waals surface area contributed by atoms with Gasteiger partial charge in [0.1, 0.15) is 17.2 Å². The molecule has 0 amide bonds. The Hall–Kier alpha value is -3.78. The van der Waals surface area contributed by atoms with Crippen molar-refractivity contribution in [2.24, 2.45) is 5.73 Å². The van der Waals surface area contributed by atoms with Gasteiger partial charge >= 0.3 is 0 Å². The number of nitrogens with one attached hydrogen (secondary N) is 1. The number of rotatable bonds is 5. The number of methoxy groups -OCH3 is 1. The molecule has 0 spiro atoms. The van der Waals surface area contributed by atoms with Crippen molar-refractivity contribution >= 4 is 23.1 Å². The summed E-state index contributed by atoms with van der Waals surface area (Å²) in [5, 5.41) is 7.84. The molecule has 0 aliphatic heterocycles. The van der Waals surface area contributed by atoms with Crippen molar-refractivity contribution in [1.82, 2.24) is 19.6 Å². The summed E-state index contributed by atoms with van der Waals surface area (Å²) in [5.41, 5.74) is 11.6. The topological polar surface area (TPSA) is 107 Å². The number of ketones is 1. The number of aromatic nitrogens is 4. The highest BCUT2D eigenvalue weighted by Crippen LogP contribution is 2.37. The predicted octanol–water partition coefficient (Wildman–Crippen LogP) is 3.97. The fourth-order valence-electron chi connectivity index (χ4n) is 4.35. The maximum Gasteiger partial charge on any atom is 0.247 e. The largest absolute Gasteiger partial charge is 0.496 e. The minimum absolute atomic E-state index is 0.124. The van der Waals surface area contributed by atoms with Crippen LogP contribution in [0.1, 0.15) is 43.5 Å². The molecule has 0 fully saturated rings. The van der Waals surface area contributed by atoms with E-state index in [2.05, 4.69) is 15.4 Å². The molecule has 1 atom stereocenters. The molecule has 3 N–H and O–H groups in total. The molecule has 0 unspecified atom stereocenters. The van der Waals surface area contributed by atoms with Crippen LogP contribution in [-0.4, -0.2) is 32.5 Å². The van der Waals surface area contributed by atoms with Gasteiger partial charge in [-0.05, 0) is 61.7 Å². The fourth-order valence-corrected chi connectivity index (χ4v) is 4.35. The minimum Gasteiger partial charge on any atom is -0.496 e. The third-order valence-corrected chi connectivity index (χ3v) is 6.34. The van der Waals surface area contributed by atoms with Crippen LogP contribution in [0.5, 0.6) is 5.75 Å². The molecule has 1 aliphatic rings. The van der Waals surface area contributed by atoms with Crippen molar-refractivity contribution < 1.29 is 9.53 Å². The highest BCUT2D eigenvalue weighted by atomic mass is 16.5. The van der Waals surface area contributed by atoms with Crippen LogP contribution in [-0.2, 0) is 16.6 Å². The van der Waals surface area contributed by atoms with E-state index in [0.717, 1.165) is 27.9 Å². The summed E-state index contributed by atoms with van der Waals surface area (Å²) in [6, 6.07) is 11.7. The Kier molecular flexibility index (Phi) is 4.90. The van der Waals surface area contributed by atoms with Crippen molar-refractivity contribution in [2.45, 2.75) is 38.6 Å². The van der Waals surface area contributed by atoms with E-state index in [1.807, 2.05) is 57.2 Å². The van der Waals surface area contributed by atoms with Crippen LogP contribution >= 0.6 is 0 Å². The lowest BCUT2D eigenvalue weighted by atomic mass is 9.86. The standard InChI is InChI=1S/C25H26N6O2/c1-14(26)15-5-8-20(33-4)18(12-15)22-23-29-24(30-31(23)10-9-27-22)28-17-6-7-19-16(11-17)13-21(32)25(19,2)3/h5-12,14H,13,26H2,1-4H3,(H,28,30)/t14-/m1/s1. The van der Waals surface area contributed by atoms with Gasteiger partial charge in [-0.15, -0.1) is 5.10 Å². The molecule has 4 aromatic rings. The molecule has 0 radical (unpaired) electrons. The molecule has 5 rings (SSSR count). The van der Waals surface area contributed by atoms with E-state index in [1.165, 1.54) is 0 Å². The number of hydrogen-bond donors (Lipinski definition) is 2. The van der Waals surface area contributed by atoms with Crippen LogP contribution in [0.15, 0.2) is 48.8 Å². The first-order valence-electron chi connectivity index (χ1n) is 10.9. The SMILES string of the molecule is COc1ccc([C@@H](C)N)cc1-c1nccn2nc(Nc3ccc4c(c3)CC(=O)C4(C)C)nc12. The van der Waals surface area contributed by atoms with Crippen LogP contribution in [0, 0.1) is 0 Å². The van der Waals surface area contributed by atoms with Gasteiger partial charge in [-0.1, -0.05) is 12.1 Å². The highest BCUT2D eigenvalue weighted by Gasteiger charge is 2.37. The zero-order chi connectivity index (χ0) is 23.3. The Labute approximate surface area is 191 Å². The Bertz CT molecular complexity index is 1390. The quantitative estimate of drug-likeness (QED) is 0.482. The number of anilines is 2. The van der Waals surface area contributed by atoms with Gasteiger partial charge in [-0.2, -0.15) is 4.98 Å².